The Bertz CT molecular complexity index is 313. The number of H-pyrrole nitrogens is 1. The first-order valence-corrected chi connectivity index (χ1v) is 4.97. The summed E-state index contributed by atoms with van der Waals surface area (Å²) in [5.74, 6) is 0. The van der Waals surface area contributed by atoms with E-state index < -0.39 is 0 Å². The second-order valence-corrected chi connectivity index (χ2v) is 3.50. The molecule has 12 heavy (non-hydrogen) atoms. The van der Waals surface area contributed by atoms with Gasteiger partial charge in [0.25, 0.3) is 5.56 Å². The third-order valence-corrected chi connectivity index (χ3v) is 2.60. The summed E-state index contributed by atoms with van der Waals surface area (Å²) < 4.78 is 2.29. The van der Waals surface area contributed by atoms with Crippen molar-refractivity contribution >= 4 is 15.9 Å². The van der Waals surface area contributed by atoms with Gasteiger partial charge in [-0.25, -0.2) is 0 Å². The van der Waals surface area contributed by atoms with Gasteiger partial charge in [-0.3, -0.25) is 14.6 Å². The van der Waals surface area contributed by atoms with Gasteiger partial charge in [0.05, 0.1) is 5.69 Å². The molecule has 0 spiro atoms. The summed E-state index contributed by atoms with van der Waals surface area (Å²) in [6.45, 7) is 4.73. The van der Waals surface area contributed by atoms with Gasteiger partial charge in [0.15, 0.2) is 0 Å². The zero-order valence-electron chi connectivity index (χ0n) is 7.35. The van der Waals surface area contributed by atoms with Gasteiger partial charge in [-0.15, -0.1) is 0 Å². The third kappa shape index (κ3) is 1.63. The molecule has 1 heterocycles. The average Bonchev–Trinajstić information content (AvgIpc) is 2.33. The Morgan fingerprint density at radius 2 is 2.17 bits per heavy atom. The van der Waals surface area contributed by atoms with Crippen molar-refractivity contribution in [2.24, 2.45) is 0 Å². The molecule has 0 amide bonds. The van der Waals surface area contributed by atoms with Crippen LogP contribution in [0.3, 0.4) is 0 Å². The van der Waals surface area contributed by atoms with Crippen molar-refractivity contribution < 1.29 is 0 Å². The van der Waals surface area contributed by atoms with Crippen molar-refractivity contribution in [2.45, 2.75) is 33.2 Å². The largest absolute Gasteiger partial charge is 0.299 e. The maximum atomic E-state index is 11.4. The molecule has 68 valence electrons. The molecule has 0 aliphatic rings. The Labute approximate surface area is 79.9 Å². The minimum atomic E-state index is 0.0425. The molecule has 1 aromatic heterocycles. The number of nitrogens with one attached hydrogen (secondary N) is 1. The van der Waals surface area contributed by atoms with E-state index in [2.05, 4.69) is 28.0 Å². The summed E-state index contributed by atoms with van der Waals surface area (Å²) in [5.41, 5.74) is 1.05. The molecule has 0 saturated carbocycles. The standard InChI is InChI=1S/C8H13BrN2O/c1-3-5-6-7(9)8(12)11(4-2)10-6/h10H,3-5H2,1-2H3. The average molecular weight is 233 g/mol. The summed E-state index contributed by atoms with van der Waals surface area (Å²) in [5, 5.41) is 3.06. The molecular weight excluding hydrogens is 220 g/mol. The summed E-state index contributed by atoms with van der Waals surface area (Å²) in [4.78, 5) is 11.4. The van der Waals surface area contributed by atoms with Crippen LogP contribution in [0.2, 0.25) is 0 Å². The van der Waals surface area contributed by atoms with Crippen LogP contribution >= 0.6 is 15.9 Å². The highest BCUT2D eigenvalue weighted by Crippen LogP contribution is 2.10. The Morgan fingerprint density at radius 3 is 2.58 bits per heavy atom. The molecule has 0 atom stereocenters. The fourth-order valence-corrected chi connectivity index (χ4v) is 1.65. The lowest BCUT2D eigenvalue weighted by molar-refractivity contribution is 0.625. The van der Waals surface area contributed by atoms with E-state index in [9.17, 15) is 4.79 Å². The predicted molar refractivity (Wildman–Crippen MR) is 52.4 cm³/mol. The van der Waals surface area contributed by atoms with Gasteiger partial charge in [-0.1, -0.05) is 13.3 Å². The van der Waals surface area contributed by atoms with E-state index in [0.29, 0.717) is 11.0 Å². The lowest BCUT2D eigenvalue weighted by Gasteiger charge is -1.94. The van der Waals surface area contributed by atoms with Crippen LogP contribution in [0, 0.1) is 0 Å². The minimum absolute atomic E-state index is 0.0425. The Kier molecular flexibility index (Phi) is 3.14. The molecule has 4 heteroatoms. The number of aromatic amines is 1. The van der Waals surface area contributed by atoms with E-state index in [1.54, 1.807) is 4.68 Å². The first-order chi connectivity index (χ1) is 5.70. The van der Waals surface area contributed by atoms with Gasteiger partial charge in [0, 0.05) is 6.54 Å². The highest BCUT2D eigenvalue weighted by atomic mass is 79.9. The SMILES string of the molecule is CCCc1[nH]n(CC)c(=O)c1Br. The molecule has 0 bridgehead atoms. The smallest absolute Gasteiger partial charge is 0.281 e. The quantitative estimate of drug-likeness (QED) is 0.850. The minimum Gasteiger partial charge on any atom is -0.299 e. The van der Waals surface area contributed by atoms with Crippen LogP contribution in [-0.4, -0.2) is 9.78 Å². The van der Waals surface area contributed by atoms with Gasteiger partial charge in [-0.05, 0) is 29.3 Å². The van der Waals surface area contributed by atoms with Gasteiger partial charge >= 0.3 is 0 Å². The number of hydrogen-bond acceptors (Lipinski definition) is 1. The van der Waals surface area contributed by atoms with Crippen LogP contribution in [0.15, 0.2) is 9.27 Å². The van der Waals surface area contributed by atoms with E-state index in [1.165, 1.54) is 0 Å². The highest BCUT2D eigenvalue weighted by molar-refractivity contribution is 9.10. The number of halogens is 1. The summed E-state index contributed by atoms with van der Waals surface area (Å²) in [6, 6.07) is 0. The number of rotatable bonds is 3. The molecular formula is C8H13BrN2O. The first-order valence-electron chi connectivity index (χ1n) is 4.17. The lowest BCUT2D eigenvalue weighted by Crippen LogP contribution is -2.15. The van der Waals surface area contributed by atoms with E-state index in [-0.39, 0.29) is 5.56 Å². The second kappa shape index (κ2) is 3.94. The molecule has 0 aliphatic heterocycles. The summed E-state index contributed by atoms with van der Waals surface area (Å²) in [7, 11) is 0. The molecule has 3 nitrogen and oxygen atoms in total. The van der Waals surface area contributed by atoms with Crippen molar-refractivity contribution in [1.82, 2.24) is 9.78 Å². The Hall–Kier alpha value is -0.510. The lowest BCUT2D eigenvalue weighted by atomic mass is 10.3. The van der Waals surface area contributed by atoms with Crippen LogP contribution in [0.4, 0.5) is 0 Å². The van der Waals surface area contributed by atoms with Crippen molar-refractivity contribution in [2.75, 3.05) is 0 Å². The summed E-state index contributed by atoms with van der Waals surface area (Å²) in [6.07, 6.45) is 1.96. The zero-order chi connectivity index (χ0) is 9.14. The van der Waals surface area contributed by atoms with Crippen LogP contribution in [-0.2, 0) is 13.0 Å². The molecule has 0 radical (unpaired) electrons. The Balaban J connectivity index is 3.07. The maximum absolute atomic E-state index is 11.4. The van der Waals surface area contributed by atoms with E-state index in [4.69, 9.17) is 0 Å². The maximum Gasteiger partial charge on any atom is 0.281 e. The van der Waals surface area contributed by atoms with E-state index >= 15 is 0 Å². The van der Waals surface area contributed by atoms with Crippen molar-refractivity contribution in [3.05, 3.63) is 20.5 Å². The fourth-order valence-electron chi connectivity index (χ4n) is 1.15. The molecule has 1 rings (SSSR count). The normalized spacial score (nSPS) is 10.6. The predicted octanol–water partition coefficient (Wildman–Crippen LogP) is 1.91. The van der Waals surface area contributed by atoms with Crippen LogP contribution in [0.1, 0.15) is 26.0 Å². The van der Waals surface area contributed by atoms with Crippen LogP contribution in [0.5, 0.6) is 0 Å². The third-order valence-electron chi connectivity index (χ3n) is 1.78. The topological polar surface area (TPSA) is 37.8 Å². The van der Waals surface area contributed by atoms with E-state index in [1.807, 2.05) is 6.92 Å². The number of nitrogens with zero attached hydrogens (tertiary/aromatic N) is 1. The van der Waals surface area contributed by atoms with Crippen molar-refractivity contribution in [3.8, 4) is 0 Å². The van der Waals surface area contributed by atoms with Crippen LogP contribution in [0.25, 0.3) is 0 Å². The Morgan fingerprint density at radius 1 is 1.50 bits per heavy atom. The monoisotopic (exact) mass is 232 g/mol. The summed E-state index contributed by atoms with van der Waals surface area (Å²) >= 11 is 3.28. The highest BCUT2D eigenvalue weighted by Gasteiger charge is 2.08. The molecule has 1 aromatic rings. The molecule has 0 aromatic carbocycles. The fraction of sp³-hybridized carbons (Fsp3) is 0.625. The molecule has 0 unspecified atom stereocenters. The van der Waals surface area contributed by atoms with Gasteiger partial charge in [0.2, 0.25) is 0 Å². The van der Waals surface area contributed by atoms with E-state index in [0.717, 1.165) is 18.5 Å². The molecule has 0 saturated heterocycles. The first kappa shape index (κ1) is 9.58. The zero-order valence-corrected chi connectivity index (χ0v) is 8.94. The number of aromatic nitrogens is 2. The van der Waals surface area contributed by atoms with Gasteiger partial charge in [-0.2, -0.15) is 0 Å². The van der Waals surface area contributed by atoms with Crippen molar-refractivity contribution in [3.63, 3.8) is 0 Å². The molecule has 0 fully saturated rings. The number of hydrogen-bond donors (Lipinski definition) is 1. The van der Waals surface area contributed by atoms with Gasteiger partial charge < -0.3 is 0 Å². The van der Waals surface area contributed by atoms with Crippen molar-refractivity contribution in [1.29, 1.82) is 0 Å². The van der Waals surface area contributed by atoms with Crippen LogP contribution < -0.4 is 5.56 Å². The number of aryl methyl sites for hydroxylation is 2. The second-order valence-electron chi connectivity index (χ2n) is 2.70. The molecule has 0 aliphatic carbocycles. The van der Waals surface area contributed by atoms with Gasteiger partial charge in [0.1, 0.15) is 4.47 Å². The molecule has 1 N–H and O–H groups in total.